The molecule has 0 radical (unpaired) electrons. The van der Waals surface area contributed by atoms with E-state index in [4.69, 9.17) is 5.26 Å². The fraction of sp³-hybridized carbons (Fsp3) is 0.759. The molecule has 0 aliphatic heterocycles. The van der Waals surface area contributed by atoms with E-state index in [-0.39, 0.29) is 5.41 Å². The van der Waals surface area contributed by atoms with Gasteiger partial charge in [-0.15, -0.1) is 0 Å². The summed E-state index contributed by atoms with van der Waals surface area (Å²) in [6.45, 7) is 5.88. The van der Waals surface area contributed by atoms with Gasteiger partial charge in [0.25, 0.3) is 0 Å². The third-order valence-electron chi connectivity index (χ3n) is 10.7. The molecule has 4 aliphatic rings. The van der Waals surface area contributed by atoms with Gasteiger partial charge in [0.05, 0.1) is 17.2 Å². The monoisotopic (exact) mass is 488 g/mol. The maximum absolute atomic E-state index is 14.6. The van der Waals surface area contributed by atoms with Crippen molar-refractivity contribution < 1.29 is 18.3 Å². The third kappa shape index (κ3) is 4.37. The summed E-state index contributed by atoms with van der Waals surface area (Å²) in [5.41, 5.74) is 0.741. The van der Waals surface area contributed by atoms with Gasteiger partial charge in [-0.05, 0) is 136 Å². The molecule has 1 unspecified atom stereocenters. The van der Waals surface area contributed by atoms with Crippen molar-refractivity contribution in [3.63, 3.8) is 0 Å². The number of nitrogens with zero attached hydrogens (tertiary/aromatic N) is 1. The van der Waals surface area contributed by atoms with Crippen molar-refractivity contribution in [2.45, 2.75) is 96.4 Å². The van der Waals surface area contributed by atoms with Crippen LogP contribution in [0.5, 0.6) is 0 Å². The van der Waals surface area contributed by atoms with E-state index in [1.165, 1.54) is 0 Å². The van der Waals surface area contributed by atoms with Gasteiger partial charge in [0.1, 0.15) is 6.04 Å². The van der Waals surface area contributed by atoms with Crippen LogP contribution in [0, 0.1) is 59.2 Å². The number of hydrogen-bond donors (Lipinski definition) is 2. The molecule has 1 aromatic carbocycles. The van der Waals surface area contributed by atoms with Gasteiger partial charge in [0.2, 0.25) is 0 Å². The molecule has 0 bridgehead atoms. The molecule has 3 nitrogen and oxygen atoms in total. The van der Waals surface area contributed by atoms with Crippen LogP contribution in [0.15, 0.2) is 18.2 Å². The van der Waals surface area contributed by atoms with Gasteiger partial charge in [0.15, 0.2) is 0 Å². The third-order valence-corrected chi connectivity index (χ3v) is 10.7. The average molecular weight is 489 g/mol. The minimum Gasteiger partial charge on any atom is -0.390 e. The summed E-state index contributed by atoms with van der Waals surface area (Å²) >= 11 is 0. The lowest BCUT2D eigenvalue weighted by Crippen LogP contribution is -2.54. The Morgan fingerprint density at radius 1 is 1.03 bits per heavy atom. The Morgan fingerprint density at radius 3 is 2.46 bits per heavy atom. The molecular weight excluding hydrogens is 449 g/mol. The molecule has 9 atom stereocenters. The number of anilines is 1. The van der Waals surface area contributed by atoms with E-state index in [1.807, 2.05) is 6.92 Å². The van der Waals surface area contributed by atoms with Crippen LogP contribution in [-0.4, -0.2) is 22.9 Å². The number of halogens is 3. The molecule has 5 rings (SSSR count). The highest BCUT2D eigenvalue weighted by Crippen LogP contribution is 2.66. The standard InChI is InChI=1S/C29H39F3N2O/c1-17-14-18(16-33)4-9-25(17)34-26(29(30,31)32)24-8-7-23-22-6-5-19-15-27(2,35)12-10-20(19)21(22)11-13-28(23,24)3/h4,9,14,19-24,26,34-35H,5-8,10-13,15H2,1-3H3/t19?,20-,21+,22+,23-,24+,26+,27+,28-/m0/s1. The number of alkyl halides is 3. The maximum atomic E-state index is 14.6. The predicted molar refractivity (Wildman–Crippen MR) is 131 cm³/mol. The number of fused-ring (bicyclic) bond motifs is 5. The average Bonchev–Trinajstić information content (AvgIpc) is 3.13. The smallest absolute Gasteiger partial charge is 0.390 e. The van der Waals surface area contributed by atoms with E-state index >= 15 is 0 Å². The first-order chi connectivity index (χ1) is 16.4. The highest BCUT2D eigenvalue weighted by Gasteiger charge is 2.62. The molecule has 4 fully saturated rings. The summed E-state index contributed by atoms with van der Waals surface area (Å²) in [7, 11) is 0. The van der Waals surface area contributed by atoms with Gasteiger partial charge >= 0.3 is 6.18 Å². The van der Waals surface area contributed by atoms with Crippen molar-refractivity contribution in [2.75, 3.05) is 5.32 Å². The first kappa shape index (κ1) is 24.9. The van der Waals surface area contributed by atoms with Crippen molar-refractivity contribution in [2.24, 2.45) is 40.9 Å². The second kappa shape index (κ2) is 8.68. The zero-order chi connectivity index (χ0) is 25.2. The highest BCUT2D eigenvalue weighted by atomic mass is 19.4. The van der Waals surface area contributed by atoms with E-state index < -0.39 is 23.7 Å². The highest BCUT2D eigenvalue weighted by molar-refractivity contribution is 5.55. The predicted octanol–water partition coefficient (Wildman–Crippen LogP) is 7.23. The van der Waals surface area contributed by atoms with Crippen LogP contribution in [-0.2, 0) is 0 Å². The molecule has 4 saturated carbocycles. The quantitative estimate of drug-likeness (QED) is 0.472. The van der Waals surface area contributed by atoms with Gasteiger partial charge in [-0.1, -0.05) is 6.92 Å². The Labute approximate surface area is 207 Å². The summed E-state index contributed by atoms with van der Waals surface area (Å²) in [4.78, 5) is 0. The Balaban J connectivity index is 1.38. The largest absolute Gasteiger partial charge is 0.408 e. The maximum Gasteiger partial charge on any atom is 0.408 e. The van der Waals surface area contributed by atoms with Gasteiger partial charge in [0, 0.05) is 5.69 Å². The van der Waals surface area contributed by atoms with Crippen LogP contribution in [0.2, 0.25) is 0 Å². The molecule has 0 saturated heterocycles. The number of aryl methyl sites for hydroxylation is 1. The van der Waals surface area contributed by atoms with Gasteiger partial charge in [-0.25, -0.2) is 0 Å². The van der Waals surface area contributed by atoms with Crippen molar-refractivity contribution in [3.05, 3.63) is 29.3 Å². The second-order valence-electron chi connectivity index (χ2n) is 12.7. The molecule has 192 valence electrons. The summed E-state index contributed by atoms with van der Waals surface area (Å²) in [6.07, 6.45) is 4.07. The van der Waals surface area contributed by atoms with Crippen molar-refractivity contribution in [1.82, 2.24) is 0 Å². The van der Waals surface area contributed by atoms with E-state index in [0.717, 1.165) is 51.4 Å². The number of hydrogen-bond acceptors (Lipinski definition) is 3. The van der Waals surface area contributed by atoms with E-state index in [1.54, 1.807) is 25.1 Å². The van der Waals surface area contributed by atoms with Gasteiger partial charge in [-0.2, -0.15) is 18.4 Å². The SMILES string of the molecule is Cc1cc(C#N)ccc1N[C@H]([C@H]1CC[C@H]2[C@@H]3CCC4C[C@](C)(O)CC[C@@H]4[C@H]3CC[C@]12C)C(F)(F)F. The Morgan fingerprint density at radius 2 is 1.77 bits per heavy atom. The summed E-state index contributed by atoms with van der Waals surface area (Å²) < 4.78 is 43.7. The van der Waals surface area contributed by atoms with Crippen LogP contribution >= 0.6 is 0 Å². The number of aliphatic hydroxyl groups is 1. The first-order valence-electron chi connectivity index (χ1n) is 13.5. The van der Waals surface area contributed by atoms with Crippen LogP contribution in [0.25, 0.3) is 0 Å². The molecule has 35 heavy (non-hydrogen) atoms. The van der Waals surface area contributed by atoms with Crippen LogP contribution in [0.4, 0.5) is 18.9 Å². The fourth-order valence-electron chi connectivity index (χ4n) is 9.14. The molecule has 1 aromatic rings. The summed E-state index contributed by atoms with van der Waals surface area (Å²) in [6, 6.07) is 5.35. The second-order valence-corrected chi connectivity index (χ2v) is 12.7. The molecule has 0 heterocycles. The number of benzene rings is 1. The van der Waals surface area contributed by atoms with Crippen LogP contribution in [0.1, 0.15) is 82.8 Å². The molecule has 0 aromatic heterocycles. The van der Waals surface area contributed by atoms with E-state index in [9.17, 15) is 18.3 Å². The molecule has 6 heteroatoms. The minimum absolute atomic E-state index is 0.318. The lowest BCUT2D eigenvalue weighted by atomic mass is 9.48. The Hall–Kier alpha value is -1.74. The molecule has 0 spiro atoms. The number of nitriles is 1. The number of nitrogens with one attached hydrogen (secondary N) is 1. The molecular formula is C29H39F3N2O. The topological polar surface area (TPSA) is 56.0 Å². The van der Waals surface area contributed by atoms with E-state index in [0.29, 0.717) is 52.8 Å². The van der Waals surface area contributed by atoms with E-state index in [2.05, 4.69) is 18.3 Å². The molecule has 4 aliphatic carbocycles. The molecule has 0 amide bonds. The molecule has 2 N–H and O–H groups in total. The lowest BCUT2D eigenvalue weighted by Gasteiger charge is -2.57. The first-order valence-corrected chi connectivity index (χ1v) is 13.5. The van der Waals surface area contributed by atoms with Crippen molar-refractivity contribution in [3.8, 4) is 6.07 Å². The van der Waals surface area contributed by atoms with Gasteiger partial charge in [-0.3, -0.25) is 0 Å². The van der Waals surface area contributed by atoms with Crippen molar-refractivity contribution >= 4 is 5.69 Å². The summed E-state index contributed by atoms with van der Waals surface area (Å²) in [5.74, 6) is 2.24. The Kier molecular flexibility index (Phi) is 6.18. The minimum atomic E-state index is -4.34. The zero-order valence-electron chi connectivity index (χ0n) is 21.2. The fourth-order valence-corrected chi connectivity index (χ4v) is 9.14. The summed E-state index contributed by atoms with van der Waals surface area (Å²) in [5, 5.41) is 22.6. The van der Waals surface area contributed by atoms with Crippen molar-refractivity contribution in [1.29, 1.82) is 5.26 Å². The lowest BCUT2D eigenvalue weighted by molar-refractivity contribution is -0.169. The zero-order valence-corrected chi connectivity index (χ0v) is 21.2. The Bertz CT molecular complexity index is 999. The van der Waals surface area contributed by atoms with Gasteiger partial charge < -0.3 is 10.4 Å². The van der Waals surface area contributed by atoms with Crippen LogP contribution < -0.4 is 5.32 Å². The number of rotatable bonds is 3. The van der Waals surface area contributed by atoms with Crippen LogP contribution in [0.3, 0.4) is 0 Å². The normalized spacial score (nSPS) is 41.8.